The van der Waals surface area contributed by atoms with Crippen LogP contribution in [0.25, 0.3) is 0 Å². The SMILES string of the molecule is O=[N+]([O-])c1cc(Br)c(OCCCCCCCl)c(Br)c1. The van der Waals surface area contributed by atoms with E-state index in [1.807, 2.05) is 0 Å². The first kappa shape index (κ1) is 16.7. The summed E-state index contributed by atoms with van der Waals surface area (Å²) in [5, 5.41) is 10.7. The molecule has 0 spiro atoms. The first-order chi connectivity index (χ1) is 9.06. The molecule has 1 rings (SSSR count). The van der Waals surface area contributed by atoms with Crippen LogP contribution in [0, 0.1) is 10.1 Å². The second-order valence-corrected chi connectivity index (χ2v) is 6.03. The minimum atomic E-state index is -0.439. The molecule has 0 aliphatic carbocycles. The highest BCUT2D eigenvalue weighted by Gasteiger charge is 2.14. The fourth-order valence-corrected chi connectivity index (χ4v) is 3.09. The van der Waals surface area contributed by atoms with Gasteiger partial charge in [0, 0.05) is 18.0 Å². The smallest absolute Gasteiger partial charge is 0.271 e. The van der Waals surface area contributed by atoms with E-state index in [1.165, 1.54) is 12.1 Å². The highest BCUT2D eigenvalue weighted by Crippen LogP contribution is 2.37. The van der Waals surface area contributed by atoms with Crippen LogP contribution in [-0.4, -0.2) is 17.4 Å². The van der Waals surface area contributed by atoms with E-state index in [1.54, 1.807) is 0 Å². The molecule has 0 atom stereocenters. The van der Waals surface area contributed by atoms with Crippen LogP contribution in [0.3, 0.4) is 0 Å². The lowest BCUT2D eigenvalue weighted by atomic mass is 10.2. The van der Waals surface area contributed by atoms with Crippen LogP contribution < -0.4 is 4.74 Å². The number of ether oxygens (including phenoxy) is 1. The van der Waals surface area contributed by atoms with Crippen molar-refractivity contribution in [3.05, 3.63) is 31.2 Å². The zero-order valence-corrected chi connectivity index (χ0v) is 14.1. The number of nitro benzene ring substituents is 1. The maximum atomic E-state index is 10.7. The standard InChI is InChI=1S/C12H14Br2ClNO3/c13-10-7-9(16(17)18)8-11(14)12(10)19-6-4-2-1-3-5-15/h7-8H,1-6H2. The lowest BCUT2D eigenvalue weighted by Gasteiger charge is -2.10. The summed E-state index contributed by atoms with van der Waals surface area (Å²) >= 11 is 12.2. The molecule has 1 aromatic rings. The zero-order valence-electron chi connectivity index (χ0n) is 10.2. The first-order valence-electron chi connectivity index (χ1n) is 5.88. The number of alkyl halides is 1. The fraction of sp³-hybridized carbons (Fsp3) is 0.500. The molecule has 0 heterocycles. The highest BCUT2D eigenvalue weighted by atomic mass is 79.9. The van der Waals surface area contributed by atoms with Gasteiger partial charge in [-0.25, -0.2) is 0 Å². The molecule has 7 heteroatoms. The van der Waals surface area contributed by atoms with Gasteiger partial charge >= 0.3 is 0 Å². The Bertz CT molecular complexity index is 420. The summed E-state index contributed by atoms with van der Waals surface area (Å²) in [5.74, 6) is 1.29. The summed E-state index contributed by atoms with van der Waals surface area (Å²) in [6.07, 6.45) is 4.11. The Morgan fingerprint density at radius 3 is 2.26 bits per heavy atom. The van der Waals surface area contributed by atoms with E-state index >= 15 is 0 Å². The van der Waals surface area contributed by atoms with Crippen LogP contribution in [0.5, 0.6) is 5.75 Å². The molecule has 1 aromatic carbocycles. The Kier molecular flexibility index (Phi) is 7.71. The maximum absolute atomic E-state index is 10.7. The van der Waals surface area contributed by atoms with Crippen LogP contribution in [0.4, 0.5) is 5.69 Å². The summed E-state index contributed by atoms with van der Waals surface area (Å²) in [6, 6.07) is 2.88. The summed E-state index contributed by atoms with van der Waals surface area (Å²) in [5.41, 5.74) is 0.0215. The number of rotatable bonds is 8. The van der Waals surface area contributed by atoms with Crippen molar-refractivity contribution in [2.45, 2.75) is 25.7 Å². The van der Waals surface area contributed by atoms with Gasteiger partial charge in [0.2, 0.25) is 0 Å². The Labute approximate surface area is 133 Å². The van der Waals surface area contributed by atoms with Gasteiger partial charge in [0.05, 0.1) is 20.5 Å². The second kappa shape index (κ2) is 8.76. The van der Waals surface area contributed by atoms with E-state index in [4.69, 9.17) is 16.3 Å². The molecule has 0 amide bonds. The van der Waals surface area contributed by atoms with Gasteiger partial charge in [0.25, 0.3) is 5.69 Å². The van der Waals surface area contributed by atoms with E-state index < -0.39 is 4.92 Å². The van der Waals surface area contributed by atoms with Crippen LogP contribution in [0.2, 0.25) is 0 Å². The van der Waals surface area contributed by atoms with Crippen molar-refractivity contribution < 1.29 is 9.66 Å². The molecule has 0 unspecified atom stereocenters. The van der Waals surface area contributed by atoms with Crippen LogP contribution in [-0.2, 0) is 0 Å². The van der Waals surface area contributed by atoms with E-state index in [0.29, 0.717) is 27.2 Å². The number of benzene rings is 1. The summed E-state index contributed by atoms with van der Waals surface area (Å²) in [4.78, 5) is 10.3. The van der Waals surface area contributed by atoms with E-state index in [-0.39, 0.29) is 5.69 Å². The molecule has 0 bridgehead atoms. The van der Waals surface area contributed by atoms with Crippen molar-refractivity contribution >= 4 is 49.1 Å². The Morgan fingerprint density at radius 1 is 1.16 bits per heavy atom. The van der Waals surface area contributed by atoms with Crippen molar-refractivity contribution in [1.29, 1.82) is 0 Å². The molecule has 0 saturated carbocycles. The average Bonchev–Trinajstić information content (AvgIpc) is 2.35. The molecule has 0 saturated heterocycles. The predicted octanol–water partition coefficient (Wildman–Crippen LogP) is 5.30. The normalized spacial score (nSPS) is 10.5. The minimum Gasteiger partial charge on any atom is -0.491 e. The monoisotopic (exact) mass is 413 g/mol. The molecular weight excluding hydrogens is 401 g/mol. The predicted molar refractivity (Wildman–Crippen MR) is 83.2 cm³/mol. The number of non-ortho nitro benzene ring substituents is 1. The zero-order chi connectivity index (χ0) is 14.3. The third-order valence-electron chi connectivity index (χ3n) is 2.47. The average molecular weight is 416 g/mol. The van der Waals surface area contributed by atoms with Gasteiger partial charge in [0.15, 0.2) is 0 Å². The molecular formula is C12H14Br2ClNO3. The number of halogens is 3. The van der Waals surface area contributed by atoms with E-state index in [0.717, 1.165) is 25.7 Å². The van der Waals surface area contributed by atoms with Crippen molar-refractivity contribution in [3.63, 3.8) is 0 Å². The van der Waals surface area contributed by atoms with Crippen molar-refractivity contribution in [2.75, 3.05) is 12.5 Å². The Hall–Kier alpha value is -0.330. The summed E-state index contributed by atoms with van der Waals surface area (Å²) in [7, 11) is 0. The number of nitro groups is 1. The number of hydrogen-bond acceptors (Lipinski definition) is 3. The Morgan fingerprint density at radius 2 is 1.74 bits per heavy atom. The first-order valence-corrected chi connectivity index (χ1v) is 8.00. The Balaban J connectivity index is 2.52. The molecule has 19 heavy (non-hydrogen) atoms. The van der Waals surface area contributed by atoms with E-state index in [2.05, 4.69) is 31.9 Å². The number of hydrogen-bond donors (Lipinski definition) is 0. The second-order valence-electron chi connectivity index (χ2n) is 3.95. The van der Waals surface area contributed by atoms with Gasteiger partial charge < -0.3 is 4.74 Å². The summed E-state index contributed by atoms with van der Waals surface area (Å²) in [6.45, 7) is 0.581. The molecule has 0 aliphatic heterocycles. The largest absolute Gasteiger partial charge is 0.491 e. The van der Waals surface area contributed by atoms with E-state index in [9.17, 15) is 10.1 Å². The van der Waals surface area contributed by atoms with Crippen LogP contribution >= 0.6 is 43.5 Å². The maximum Gasteiger partial charge on any atom is 0.271 e. The highest BCUT2D eigenvalue weighted by molar-refractivity contribution is 9.11. The third kappa shape index (κ3) is 5.67. The number of nitrogens with zero attached hydrogens (tertiary/aromatic N) is 1. The topological polar surface area (TPSA) is 52.4 Å². The van der Waals surface area contributed by atoms with Crippen molar-refractivity contribution in [2.24, 2.45) is 0 Å². The minimum absolute atomic E-state index is 0.0215. The lowest BCUT2D eigenvalue weighted by molar-refractivity contribution is -0.385. The lowest BCUT2D eigenvalue weighted by Crippen LogP contribution is -1.99. The molecule has 0 aromatic heterocycles. The molecule has 106 valence electrons. The van der Waals surface area contributed by atoms with Crippen LogP contribution in [0.15, 0.2) is 21.1 Å². The molecule has 0 radical (unpaired) electrons. The molecule has 4 nitrogen and oxygen atoms in total. The number of unbranched alkanes of at least 4 members (excludes halogenated alkanes) is 3. The van der Waals surface area contributed by atoms with Gasteiger partial charge in [-0.3, -0.25) is 10.1 Å². The molecule has 0 fully saturated rings. The van der Waals surface area contributed by atoms with Gasteiger partial charge in [-0.2, -0.15) is 0 Å². The van der Waals surface area contributed by atoms with Gasteiger partial charge in [0.1, 0.15) is 5.75 Å². The molecule has 0 aliphatic rings. The van der Waals surface area contributed by atoms with Gasteiger partial charge in [-0.15, -0.1) is 11.6 Å². The fourth-order valence-electron chi connectivity index (χ4n) is 1.51. The third-order valence-corrected chi connectivity index (χ3v) is 3.91. The van der Waals surface area contributed by atoms with Gasteiger partial charge in [-0.05, 0) is 44.7 Å². The summed E-state index contributed by atoms with van der Waals surface area (Å²) < 4.78 is 6.79. The van der Waals surface area contributed by atoms with Crippen molar-refractivity contribution in [3.8, 4) is 5.75 Å². The quantitative estimate of drug-likeness (QED) is 0.251. The van der Waals surface area contributed by atoms with Crippen LogP contribution in [0.1, 0.15) is 25.7 Å². The molecule has 0 N–H and O–H groups in total. The van der Waals surface area contributed by atoms with Crippen molar-refractivity contribution in [1.82, 2.24) is 0 Å². The van der Waals surface area contributed by atoms with Gasteiger partial charge in [-0.1, -0.05) is 12.8 Å².